The molecule has 1 atom stereocenters. The van der Waals surface area contributed by atoms with Gasteiger partial charge >= 0.3 is 6.01 Å². The maximum atomic E-state index is 13.6. The Morgan fingerprint density at radius 3 is 2.81 bits per heavy atom. The summed E-state index contributed by atoms with van der Waals surface area (Å²) in [6.45, 7) is 1.58. The van der Waals surface area contributed by atoms with Crippen LogP contribution in [0.25, 0.3) is 0 Å². The summed E-state index contributed by atoms with van der Waals surface area (Å²) < 4.78 is 48.4. The summed E-state index contributed by atoms with van der Waals surface area (Å²) in [7, 11) is -3.51. The van der Waals surface area contributed by atoms with Crippen LogP contribution in [0.1, 0.15) is 18.9 Å². The highest BCUT2D eigenvalue weighted by Gasteiger charge is 2.18. The third kappa shape index (κ3) is 4.39. The van der Waals surface area contributed by atoms with E-state index in [4.69, 9.17) is 9.26 Å². The smallest absolute Gasteiger partial charge is 0.335 e. The van der Waals surface area contributed by atoms with E-state index < -0.39 is 21.9 Å². The van der Waals surface area contributed by atoms with Crippen LogP contribution in [0.15, 0.2) is 27.2 Å². The number of hydrogen-bond acceptors (Lipinski definition) is 6. The Balaban J connectivity index is 2.11. The van der Waals surface area contributed by atoms with Crippen LogP contribution in [-0.4, -0.2) is 24.8 Å². The van der Waals surface area contributed by atoms with Crippen molar-refractivity contribution in [1.82, 2.24) is 10.1 Å². The van der Waals surface area contributed by atoms with E-state index in [2.05, 4.69) is 26.1 Å². The Hall–Kier alpha value is -1.68. The summed E-state index contributed by atoms with van der Waals surface area (Å²) in [5.41, 5.74) is 0. The van der Waals surface area contributed by atoms with Crippen molar-refractivity contribution in [3.8, 4) is 5.75 Å². The zero-order valence-corrected chi connectivity index (χ0v) is 13.4. The van der Waals surface area contributed by atoms with E-state index in [-0.39, 0.29) is 17.6 Å². The highest BCUT2D eigenvalue weighted by atomic mass is 79.9. The van der Waals surface area contributed by atoms with Crippen molar-refractivity contribution in [3.63, 3.8) is 0 Å². The molecule has 0 fully saturated rings. The number of halogens is 2. The molecule has 0 saturated heterocycles. The Morgan fingerprint density at radius 1 is 1.48 bits per heavy atom. The lowest BCUT2D eigenvalue weighted by atomic mass is 10.3. The van der Waals surface area contributed by atoms with Crippen molar-refractivity contribution in [2.24, 2.45) is 0 Å². The Kier molecular flexibility index (Phi) is 4.47. The first-order valence-corrected chi connectivity index (χ1v) is 8.36. The van der Waals surface area contributed by atoms with Gasteiger partial charge in [0, 0.05) is 4.47 Å². The lowest BCUT2D eigenvalue weighted by Crippen LogP contribution is -2.10. The van der Waals surface area contributed by atoms with Crippen molar-refractivity contribution in [2.75, 3.05) is 11.0 Å². The van der Waals surface area contributed by atoms with Gasteiger partial charge in [-0.05, 0) is 25.1 Å². The van der Waals surface area contributed by atoms with E-state index in [1.54, 1.807) is 13.0 Å². The molecule has 10 heteroatoms. The minimum Gasteiger partial charge on any atom is -0.480 e. The normalized spacial score (nSPS) is 13.0. The molecule has 21 heavy (non-hydrogen) atoms. The predicted molar refractivity (Wildman–Crippen MR) is 75.9 cm³/mol. The molecule has 0 bridgehead atoms. The summed E-state index contributed by atoms with van der Waals surface area (Å²) in [5.74, 6) is -0.439. The molecular weight excluding hydrogens is 369 g/mol. The highest BCUT2D eigenvalue weighted by molar-refractivity contribution is 9.10. The van der Waals surface area contributed by atoms with Crippen LogP contribution < -0.4 is 9.46 Å². The van der Waals surface area contributed by atoms with E-state index in [0.29, 0.717) is 4.47 Å². The topological polar surface area (TPSA) is 94.3 Å². The molecule has 2 rings (SSSR count). The van der Waals surface area contributed by atoms with E-state index in [0.717, 1.165) is 6.26 Å². The molecule has 0 amide bonds. The van der Waals surface area contributed by atoms with Gasteiger partial charge in [-0.1, -0.05) is 21.1 Å². The molecule has 2 aromatic rings. The molecule has 1 N–H and O–H groups in total. The Bertz CT molecular complexity index is 750. The third-order valence-corrected chi connectivity index (χ3v) is 3.31. The van der Waals surface area contributed by atoms with E-state index >= 15 is 0 Å². The van der Waals surface area contributed by atoms with Crippen molar-refractivity contribution < 1.29 is 22.1 Å². The minimum atomic E-state index is -3.51. The number of nitrogens with zero attached hydrogens (tertiary/aromatic N) is 2. The number of rotatable bonds is 5. The molecule has 0 spiro atoms. The molecule has 1 aromatic heterocycles. The van der Waals surface area contributed by atoms with Gasteiger partial charge in [0.25, 0.3) is 0 Å². The predicted octanol–water partition coefficient (Wildman–Crippen LogP) is 2.48. The fraction of sp³-hybridized carbons (Fsp3) is 0.273. The molecule has 7 nitrogen and oxygen atoms in total. The molecule has 0 aliphatic rings. The van der Waals surface area contributed by atoms with Crippen molar-refractivity contribution in [3.05, 3.63) is 34.3 Å². The molecule has 0 aliphatic carbocycles. The van der Waals surface area contributed by atoms with Gasteiger partial charge in [0.2, 0.25) is 15.8 Å². The third-order valence-electron chi connectivity index (χ3n) is 2.28. The van der Waals surface area contributed by atoms with Gasteiger partial charge in [0.15, 0.2) is 17.7 Å². The zero-order valence-electron chi connectivity index (χ0n) is 11.0. The number of aromatic nitrogens is 2. The number of hydrogen-bond donors (Lipinski definition) is 1. The number of benzene rings is 1. The van der Waals surface area contributed by atoms with Gasteiger partial charge in [-0.3, -0.25) is 0 Å². The lowest BCUT2D eigenvalue weighted by molar-refractivity contribution is 0.201. The summed E-state index contributed by atoms with van der Waals surface area (Å²) in [5, 5.41) is 3.57. The molecule has 0 aliphatic heterocycles. The summed E-state index contributed by atoms with van der Waals surface area (Å²) in [6, 6.07) is 4.05. The standard InChI is InChI=1S/C11H11BrFN3O4S/c1-6(19-9-4-3-7(12)5-8(9)13)10-14-11(20-15-10)16-21(2,17)18/h3-6H,1-2H3,(H,14,15,16). The average molecular weight is 380 g/mol. The van der Waals surface area contributed by atoms with E-state index in [1.807, 2.05) is 4.72 Å². The van der Waals surface area contributed by atoms with Crippen LogP contribution in [0.3, 0.4) is 0 Å². The monoisotopic (exact) mass is 379 g/mol. The fourth-order valence-electron chi connectivity index (χ4n) is 1.41. The van der Waals surface area contributed by atoms with Crippen LogP contribution in [-0.2, 0) is 10.0 Å². The van der Waals surface area contributed by atoms with E-state index in [1.165, 1.54) is 12.1 Å². The largest absolute Gasteiger partial charge is 0.480 e. The van der Waals surface area contributed by atoms with Gasteiger partial charge in [-0.15, -0.1) is 0 Å². The minimum absolute atomic E-state index is 0.0214. The van der Waals surface area contributed by atoms with Gasteiger partial charge in [0.05, 0.1) is 6.26 Å². The first kappa shape index (κ1) is 15.7. The fourth-order valence-corrected chi connectivity index (χ4v) is 2.15. The van der Waals surface area contributed by atoms with Gasteiger partial charge < -0.3 is 9.26 Å². The Morgan fingerprint density at radius 2 is 2.19 bits per heavy atom. The molecule has 114 valence electrons. The first-order chi connectivity index (χ1) is 9.74. The molecule has 1 unspecified atom stereocenters. The summed E-state index contributed by atoms with van der Waals surface area (Å²) in [4.78, 5) is 3.81. The molecule has 0 saturated carbocycles. The van der Waals surface area contributed by atoms with Crippen molar-refractivity contribution in [2.45, 2.75) is 13.0 Å². The first-order valence-electron chi connectivity index (χ1n) is 5.68. The molecule has 1 aromatic carbocycles. The zero-order chi connectivity index (χ0) is 15.6. The summed E-state index contributed by atoms with van der Waals surface area (Å²) >= 11 is 3.14. The van der Waals surface area contributed by atoms with Gasteiger partial charge in [-0.2, -0.15) is 4.98 Å². The van der Waals surface area contributed by atoms with E-state index in [9.17, 15) is 12.8 Å². The number of nitrogens with one attached hydrogen (secondary N) is 1. The molecular formula is C11H11BrFN3O4S. The number of sulfonamides is 1. The Labute approximate surface area is 128 Å². The number of anilines is 1. The van der Waals surface area contributed by atoms with Gasteiger partial charge in [-0.25, -0.2) is 17.5 Å². The lowest BCUT2D eigenvalue weighted by Gasteiger charge is -2.11. The highest BCUT2D eigenvalue weighted by Crippen LogP contribution is 2.26. The van der Waals surface area contributed by atoms with Gasteiger partial charge in [0.1, 0.15) is 0 Å². The SMILES string of the molecule is CC(Oc1ccc(Br)cc1F)c1noc(NS(C)(=O)=O)n1. The van der Waals surface area contributed by atoms with Crippen molar-refractivity contribution in [1.29, 1.82) is 0 Å². The number of ether oxygens (including phenoxy) is 1. The second kappa shape index (κ2) is 5.98. The maximum Gasteiger partial charge on any atom is 0.335 e. The maximum absolute atomic E-state index is 13.6. The quantitative estimate of drug-likeness (QED) is 0.857. The van der Waals surface area contributed by atoms with Crippen LogP contribution in [0.5, 0.6) is 5.75 Å². The molecule has 0 radical (unpaired) electrons. The van der Waals surface area contributed by atoms with Crippen LogP contribution >= 0.6 is 15.9 Å². The average Bonchev–Trinajstić information content (AvgIpc) is 2.78. The molecule has 1 heterocycles. The van der Waals surface area contributed by atoms with Crippen LogP contribution in [0, 0.1) is 5.82 Å². The second-order valence-electron chi connectivity index (χ2n) is 4.17. The second-order valence-corrected chi connectivity index (χ2v) is 6.83. The van der Waals surface area contributed by atoms with Crippen LogP contribution in [0.4, 0.5) is 10.4 Å². The van der Waals surface area contributed by atoms with Crippen LogP contribution in [0.2, 0.25) is 0 Å². The summed E-state index contributed by atoms with van der Waals surface area (Å²) in [6.07, 6.45) is 0.230. The van der Waals surface area contributed by atoms with Crippen molar-refractivity contribution >= 4 is 32.0 Å².